The lowest BCUT2D eigenvalue weighted by atomic mass is 10.2. The Hall–Kier alpha value is -2.37. The molecule has 0 spiro atoms. The van der Waals surface area contributed by atoms with Gasteiger partial charge in [-0.2, -0.15) is 0 Å². The summed E-state index contributed by atoms with van der Waals surface area (Å²) in [5.41, 5.74) is 1.82. The van der Waals surface area contributed by atoms with Gasteiger partial charge in [0.15, 0.2) is 5.11 Å². The molecule has 0 aliphatic carbocycles. The SMILES string of the molecule is COc1ccc(N2C(=O)C(=Cc3ccccc3Cl)NC2=S)cc1. The first-order valence-electron chi connectivity index (χ1n) is 6.86. The minimum absolute atomic E-state index is 0.222. The van der Waals surface area contributed by atoms with Gasteiger partial charge in [-0.1, -0.05) is 29.8 Å². The van der Waals surface area contributed by atoms with Gasteiger partial charge >= 0.3 is 0 Å². The molecule has 1 aliphatic heterocycles. The van der Waals surface area contributed by atoms with Crippen LogP contribution in [0.5, 0.6) is 5.75 Å². The topological polar surface area (TPSA) is 41.6 Å². The van der Waals surface area contributed by atoms with Gasteiger partial charge in [0.2, 0.25) is 0 Å². The van der Waals surface area contributed by atoms with Crippen LogP contribution in [-0.4, -0.2) is 18.1 Å². The molecule has 0 bridgehead atoms. The van der Waals surface area contributed by atoms with Crippen molar-refractivity contribution in [1.29, 1.82) is 0 Å². The molecule has 0 unspecified atom stereocenters. The molecule has 1 saturated heterocycles. The van der Waals surface area contributed by atoms with Gasteiger partial charge in [-0.05, 0) is 54.2 Å². The number of benzene rings is 2. The van der Waals surface area contributed by atoms with E-state index >= 15 is 0 Å². The number of halogens is 1. The third-order valence-electron chi connectivity index (χ3n) is 3.41. The van der Waals surface area contributed by atoms with E-state index in [-0.39, 0.29) is 5.91 Å². The summed E-state index contributed by atoms with van der Waals surface area (Å²) in [6.07, 6.45) is 1.69. The molecular weight excluding hydrogens is 332 g/mol. The van der Waals surface area contributed by atoms with E-state index in [4.69, 9.17) is 28.6 Å². The molecule has 1 heterocycles. The molecular formula is C17H13ClN2O2S. The quantitative estimate of drug-likeness (QED) is 0.682. The number of hydrogen-bond acceptors (Lipinski definition) is 3. The number of methoxy groups -OCH3 is 1. The normalized spacial score (nSPS) is 15.9. The number of carbonyl (C=O) groups excluding carboxylic acids is 1. The summed E-state index contributed by atoms with van der Waals surface area (Å²) in [7, 11) is 1.59. The van der Waals surface area contributed by atoms with Gasteiger partial charge in [0.1, 0.15) is 11.4 Å². The Morgan fingerprint density at radius 1 is 1.17 bits per heavy atom. The molecule has 1 N–H and O–H groups in total. The van der Waals surface area contributed by atoms with Crippen molar-refractivity contribution in [1.82, 2.24) is 5.32 Å². The van der Waals surface area contributed by atoms with E-state index in [1.807, 2.05) is 18.2 Å². The lowest BCUT2D eigenvalue weighted by molar-refractivity contribution is -0.113. The van der Waals surface area contributed by atoms with E-state index < -0.39 is 0 Å². The summed E-state index contributed by atoms with van der Waals surface area (Å²) in [5, 5.41) is 3.84. The predicted octanol–water partition coefficient (Wildman–Crippen LogP) is 3.61. The number of nitrogens with one attached hydrogen (secondary N) is 1. The minimum atomic E-state index is -0.222. The van der Waals surface area contributed by atoms with Gasteiger partial charge in [-0.15, -0.1) is 0 Å². The van der Waals surface area contributed by atoms with Crippen LogP contribution in [0.25, 0.3) is 6.08 Å². The first-order valence-corrected chi connectivity index (χ1v) is 7.64. The van der Waals surface area contributed by atoms with Crippen molar-refractivity contribution in [3.8, 4) is 5.75 Å². The monoisotopic (exact) mass is 344 g/mol. The maximum absolute atomic E-state index is 12.6. The Labute approximate surface area is 144 Å². The van der Waals surface area contributed by atoms with Crippen LogP contribution in [0.2, 0.25) is 5.02 Å². The van der Waals surface area contributed by atoms with Crippen LogP contribution in [0.3, 0.4) is 0 Å². The molecule has 6 heteroatoms. The second kappa shape index (κ2) is 6.40. The largest absolute Gasteiger partial charge is 0.497 e. The molecule has 23 heavy (non-hydrogen) atoms. The second-order valence-corrected chi connectivity index (χ2v) is 5.64. The van der Waals surface area contributed by atoms with Gasteiger partial charge in [-0.3, -0.25) is 9.69 Å². The van der Waals surface area contributed by atoms with Crippen molar-refractivity contribution < 1.29 is 9.53 Å². The summed E-state index contributed by atoms with van der Waals surface area (Å²) in [4.78, 5) is 14.1. The molecule has 1 amide bonds. The van der Waals surface area contributed by atoms with Crippen molar-refractivity contribution in [2.75, 3.05) is 12.0 Å². The van der Waals surface area contributed by atoms with E-state index in [0.29, 0.717) is 27.3 Å². The molecule has 2 aromatic carbocycles. The van der Waals surface area contributed by atoms with Crippen molar-refractivity contribution in [2.45, 2.75) is 0 Å². The van der Waals surface area contributed by atoms with Crippen molar-refractivity contribution in [2.24, 2.45) is 0 Å². The maximum Gasteiger partial charge on any atom is 0.281 e. The molecule has 0 radical (unpaired) electrons. The van der Waals surface area contributed by atoms with Crippen LogP contribution in [0, 0.1) is 0 Å². The highest BCUT2D eigenvalue weighted by Gasteiger charge is 2.32. The fourth-order valence-corrected chi connectivity index (χ4v) is 2.74. The zero-order chi connectivity index (χ0) is 16.4. The van der Waals surface area contributed by atoms with Gasteiger partial charge < -0.3 is 10.1 Å². The van der Waals surface area contributed by atoms with Crippen molar-refractivity contribution in [3.05, 3.63) is 64.8 Å². The summed E-state index contributed by atoms with van der Waals surface area (Å²) >= 11 is 11.4. The summed E-state index contributed by atoms with van der Waals surface area (Å²) < 4.78 is 5.12. The second-order valence-electron chi connectivity index (χ2n) is 4.85. The van der Waals surface area contributed by atoms with Gasteiger partial charge in [0.05, 0.1) is 12.8 Å². The first kappa shape index (κ1) is 15.5. The van der Waals surface area contributed by atoms with Crippen LogP contribution in [0.1, 0.15) is 5.56 Å². The molecule has 0 atom stereocenters. The Kier molecular flexibility index (Phi) is 4.32. The highest BCUT2D eigenvalue weighted by molar-refractivity contribution is 7.80. The fourth-order valence-electron chi connectivity index (χ4n) is 2.25. The molecule has 3 rings (SSSR count). The van der Waals surface area contributed by atoms with Crippen LogP contribution in [0.15, 0.2) is 54.2 Å². The molecule has 2 aromatic rings. The first-order chi connectivity index (χ1) is 11.1. The number of amides is 1. The number of ether oxygens (including phenoxy) is 1. The smallest absolute Gasteiger partial charge is 0.281 e. The molecule has 0 saturated carbocycles. The number of nitrogens with zero attached hydrogens (tertiary/aromatic N) is 1. The molecule has 4 nitrogen and oxygen atoms in total. The number of thiocarbonyl (C=S) groups is 1. The van der Waals surface area contributed by atoms with Crippen LogP contribution < -0.4 is 15.0 Å². The van der Waals surface area contributed by atoms with E-state index in [9.17, 15) is 4.79 Å². The van der Waals surface area contributed by atoms with Crippen molar-refractivity contribution >= 4 is 46.6 Å². The maximum atomic E-state index is 12.6. The van der Waals surface area contributed by atoms with Crippen LogP contribution in [0.4, 0.5) is 5.69 Å². The summed E-state index contributed by atoms with van der Waals surface area (Å²) in [5.74, 6) is 0.492. The summed E-state index contributed by atoms with van der Waals surface area (Å²) in [6, 6.07) is 14.4. The standard InChI is InChI=1S/C17H13ClN2O2S/c1-22-13-8-6-12(7-9-13)20-16(21)15(19-17(20)23)10-11-4-2-3-5-14(11)18/h2-10H,1H3,(H,19,23). The number of carbonyl (C=O) groups is 1. The predicted molar refractivity (Wildman–Crippen MR) is 95.6 cm³/mol. The van der Waals surface area contributed by atoms with Gasteiger partial charge in [0.25, 0.3) is 5.91 Å². The molecule has 1 fully saturated rings. The number of hydrogen-bond donors (Lipinski definition) is 1. The fraction of sp³-hybridized carbons (Fsp3) is 0.0588. The van der Waals surface area contributed by atoms with E-state index in [1.165, 1.54) is 4.90 Å². The summed E-state index contributed by atoms with van der Waals surface area (Å²) in [6.45, 7) is 0. The lowest BCUT2D eigenvalue weighted by Gasteiger charge is -2.14. The van der Waals surface area contributed by atoms with E-state index in [1.54, 1.807) is 43.5 Å². The zero-order valence-electron chi connectivity index (χ0n) is 12.2. The zero-order valence-corrected chi connectivity index (χ0v) is 13.8. The average Bonchev–Trinajstić information content (AvgIpc) is 2.84. The molecule has 1 aliphatic rings. The lowest BCUT2D eigenvalue weighted by Crippen LogP contribution is -2.30. The molecule has 116 valence electrons. The number of rotatable bonds is 3. The van der Waals surface area contributed by atoms with Gasteiger partial charge in [0, 0.05) is 5.02 Å². The highest BCUT2D eigenvalue weighted by Crippen LogP contribution is 2.26. The third-order valence-corrected chi connectivity index (χ3v) is 4.04. The highest BCUT2D eigenvalue weighted by atomic mass is 35.5. The van der Waals surface area contributed by atoms with Gasteiger partial charge in [-0.25, -0.2) is 0 Å². The Morgan fingerprint density at radius 2 is 1.87 bits per heavy atom. The minimum Gasteiger partial charge on any atom is -0.497 e. The third kappa shape index (κ3) is 3.06. The van der Waals surface area contributed by atoms with Crippen molar-refractivity contribution in [3.63, 3.8) is 0 Å². The number of anilines is 1. The van der Waals surface area contributed by atoms with E-state index in [0.717, 1.165) is 5.56 Å². The molecule has 0 aromatic heterocycles. The van der Waals surface area contributed by atoms with Crippen LogP contribution >= 0.6 is 23.8 Å². The Morgan fingerprint density at radius 3 is 2.52 bits per heavy atom. The van der Waals surface area contributed by atoms with Crippen LogP contribution in [-0.2, 0) is 4.79 Å². The average molecular weight is 345 g/mol. The Bertz CT molecular complexity index is 802. The van der Waals surface area contributed by atoms with E-state index in [2.05, 4.69) is 5.32 Å². The Balaban J connectivity index is 1.92.